The first-order chi connectivity index (χ1) is 11.6. The van der Waals surface area contributed by atoms with Crippen molar-refractivity contribution in [1.82, 2.24) is 20.1 Å². The molecule has 6 heteroatoms. The van der Waals surface area contributed by atoms with Gasteiger partial charge in [-0.15, -0.1) is 0 Å². The van der Waals surface area contributed by atoms with Crippen LogP contribution in [0.4, 0.5) is 0 Å². The van der Waals surface area contributed by atoms with Gasteiger partial charge in [0.05, 0.1) is 19.1 Å². The van der Waals surface area contributed by atoms with Crippen molar-refractivity contribution in [3.63, 3.8) is 0 Å². The van der Waals surface area contributed by atoms with Gasteiger partial charge >= 0.3 is 0 Å². The van der Waals surface area contributed by atoms with Crippen molar-refractivity contribution in [3.8, 4) is 5.75 Å². The minimum Gasteiger partial charge on any atom is -0.496 e. The van der Waals surface area contributed by atoms with E-state index in [2.05, 4.69) is 21.5 Å². The third-order valence-corrected chi connectivity index (χ3v) is 5.06. The Labute approximate surface area is 142 Å². The predicted octanol–water partition coefficient (Wildman–Crippen LogP) is 2.26. The van der Waals surface area contributed by atoms with Crippen LogP contribution in [-0.2, 0) is 23.8 Å². The van der Waals surface area contributed by atoms with Crippen LogP contribution in [0.25, 0.3) is 0 Å². The molecule has 0 unspecified atom stereocenters. The molecule has 128 valence electrons. The molecule has 6 nitrogen and oxygen atoms in total. The standard InChI is InChI=1S/C18H24N4O2/c1-13-6-7-14(10-15(13)24-3)18(8-4-5-9-18)17(23)19-11-16-20-12-21-22(16)2/h6-7,10,12H,4-5,8-9,11H2,1-3H3,(H,19,23). The van der Waals surface area contributed by atoms with Gasteiger partial charge in [-0.25, -0.2) is 4.98 Å². The van der Waals surface area contributed by atoms with Crippen molar-refractivity contribution >= 4 is 5.91 Å². The summed E-state index contributed by atoms with van der Waals surface area (Å²) in [5.41, 5.74) is 1.64. The van der Waals surface area contributed by atoms with Gasteiger partial charge < -0.3 is 10.1 Å². The highest BCUT2D eigenvalue weighted by Crippen LogP contribution is 2.42. The van der Waals surface area contributed by atoms with Gasteiger partial charge in [0, 0.05) is 7.05 Å². The van der Waals surface area contributed by atoms with E-state index in [0.717, 1.165) is 48.4 Å². The maximum absolute atomic E-state index is 13.0. The van der Waals surface area contributed by atoms with Crippen LogP contribution < -0.4 is 10.1 Å². The van der Waals surface area contributed by atoms with Gasteiger partial charge in [-0.05, 0) is 37.0 Å². The van der Waals surface area contributed by atoms with E-state index < -0.39 is 5.41 Å². The molecule has 1 saturated carbocycles. The predicted molar refractivity (Wildman–Crippen MR) is 90.7 cm³/mol. The number of ether oxygens (including phenoxy) is 1. The Hall–Kier alpha value is -2.37. The Kier molecular flexibility index (Phi) is 4.55. The highest BCUT2D eigenvalue weighted by Gasteiger charge is 2.42. The number of aryl methyl sites for hydroxylation is 2. The average molecular weight is 328 g/mol. The number of aromatic nitrogens is 3. The minimum atomic E-state index is -0.473. The zero-order chi connectivity index (χ0) is 17.2. The molecule has 0 spiro atoms. The van der Waals surface area contributed by atoms with E-state index in [1.165, 1.54) is 6.33 Å². The van der Waals surface area contributed by atoms with Crippen molar-refractivity contribution in [2.45, 2.75) is 44.6 Å². The fraction of sp³-hybridized carbons (Fsp3) is 0.500. The lowest BCUT2D eigenvalue weighted by molar-refractivity contribution is -0.126. The molecule has 0 saturated heterocycles. The van der Waals surface area contributed by atoms with E-state index in [9.17, 15) is 4.79 Å². The molecular formula is C18H24N4O2. The number of nitrogens with zero attached hydrogens (tertiary/aromatic N) is 3. The van der Waals surface area contributed by atoms with Crippen LogP contribution in [0, 0.1) is 6.92 Å². The Morgan fingerprint density at radius 3 is 2.75 bits per heavy atom. The zero-order valence-electron chi connectivity index (χ0n) is 14.5. The summed E-state index contributed by atoms with van der Waals surface area (Å²) in [5, 5.41) is 7.09. The molecule has 0 bridgehead atoms. The molecule has 0 atom stereocenters. The lowest BCUT2D eigenvalue weighted by Crippen LogP contribution is -2.42. The number of amides is 1. The highest BCUT2D eigenvalue weighted by atomic mass is 16.5. The molecular weight excluding hydrogens is 304 g/mol. The van der Waals surface area contributed by atoms with E-state index in [0.29, 0.717) is 6.54 Å². The first-order valence-corrected chi connectivity index (χ1v) is 8.33. The van der Waals surface area contributed by atoms with Crippen molar-refractivity contribution in [1.29, 1.82) is 0 Å². The third kappa shape index (κ3) is 2.88. The molecule has 1 heterocycles. The highest BCUT2D eigenvalue weighted by molar-refractivity contribution is 5.88. The molecule has 1 aromatic carbocycles. The molecule has 0 aliphatic heterocycles. The van der Waals surface area contributed by atoms with Gasteiger partial charge in [0.1, 0.15) is 17.9 Å². The van der Waals surface area contributed by atoms with Crippen LogP contribution in [-0.4, -0.2) is 27.8 Å². The van der Waals surface area contributed by atoms with Crippen molar-refractivity contribution in [3.05, 3.63) is 41.5 Å². The number of hydrogen-bond donors (Lipinski definition) is 1. The van der Waals surface area contributed by atoms with Gasteiger partial charge in [-0.1, -0.05) is 25.0 Å². The van der Waals surface area contributed by atoms with Gasteiger partial charge in [-0.2, -0.15) is 5.10 Å². The zero-order valence-corrected chi connectivity index (χ0v) is 14.5. The Morgan fingerprint density at radius 2 is 2.12 bits per heavy atom. The Balaban J connectivity index is 1.85. The maximum atomic E-state index is 13.0. The van der Waals surface area contributed by atoms with E-state index >= 15 is 0 Å². The van der Waals surface area contributed by atoms with Gasteiger partial charge in [-0.3, -0.25) is 9.48 Å². The number of carbonyl (C=O) groups excluding carboxylic acids is 1. The van der Waals surface area contributed by atoms with E-state index in [1.807, 2.05) is 26.1 Å². The molecule has 1 aliphatic carbocycles. The number of nitrogens with one attached hydrogen (secondary N) is 1. The quantitative estimate of drug-likeness (QED) is 0.914. The lowest BCUT2D eigenvalue weighted by atomic mass is 9.77. The molecule has 3 rings (SSSR count). The molecule has 2 aromatic rings. The molecule has 1 aliphatic rings. The second-order valence-corrected chi connectivity index (χ2v) is 6.46. The minimum absolute atomic E-state index is 0.0638. The van der Waals surface area contributed by atoms with Crippen LogP contribution in [0.5, 0.6) is 5.75 Å². The van der Waals surface area contributed by atoms with Crippen LogP contribution in [0.2, 0.25) is 0 Å². The largest absolute Gasteiger partial charge is 0.496 e. The van der Waals surface area contributed by atoms with E-state index in [1.54, 1.807) is 11.8 Å². The number of benzene rings is 1. The number of hydrogen-bond acceptors (Lipinski definition) is 4. The number of carbonyl (C=O) groups is 1. The molecule has 1 N–H and O–H groups in total. The first kappa shape index (κ1) is 16.5. The summed E-state index contributed by atoms with van der Waals surface area (Å²) in [6.07, 6.45) is 5.35. The summed E-state index contributed by atoms with van der Waals surface area (Å²) in [7, 11) is 3.49. The fourth-order valence-corrected chi connectivity index (χ4v) is 3.55. The van der Waals surface area contributed by atoms with Crippen molar-refractivity contribution < 1.29 is 9.53 Å². The summed E-state index contributed by atoms with van der Waals surface area (Å²) >= 11 is 0. The summed E-state index contributed by atoms with van der Waals surface area (Å²) in [6, 6.07) is 6.11. The van der Waals surface area contributed by atoms with Crippen molar-refractivity contribution in [2.24, 2.45) is 7.05 Å². The molecule has 1 fully saturated rings. The SMILES string of the molecule is COc1cc(C2(C(=O)NCc3ncnn3C)CCCC2)ccc1C. The van der Waals surface area contributed by atoms with Gasteiger partial charge in [0.2, 0.25) is 5.91 Å². The average Bonchev–Trinajstić information content (AvgIpc) is 3.23. The third-order valence-electron chi connectivity index (χ3n) is 5.06. The van der Waals surface area contributed by atoms with Crippen LogP contribution in [0.1, 0.15) is 42.6 Å². The molecule has 1 amide bonds. The molecule has 24 heavy (non-hydrogen) atoms. The smallest absolute Gasteiger partial charge is 0.231 e. The Morgan fingerprint density at radius 1 is 1.38 bits per heavy atom. The van der Waals surface area contributed by atoms with Crippen LogP contribution in [0.3, 0.4) is 0 Å². The van der Waals surface area contributed by atoms with Crippen LogP contribution >= 0.6 is 0 Å². The van der Waals surface area contributed by atoms with Gasteiger partial charge in [0.15, 0.2) is 0 Å². The normalized spacial score (nSPS) is 16.1. The molecule has 0 radical (unpaired) electrons. The second kappa shape index (κ2) is 6.63. The number of rotatable bonds is 5. The monoisotopic (exact) mass is 328 g/mol. The summed E-state index contributed by atoms with van der Waals surface area (Å²) in [4.78, 5) is 17.2. The molecule has 1 aromatic heterocycles. The fourth-order valence-electron chi connectivity index (χ4n) is 3.55. The van der Waals surface area contributed by atoms with Gasteiger partial charge in [0.25, 0.3) is 0 Å². The van der Waals surface area contributed by atoms with Crippen molar-refractivity contribution in [2.75, 3.05) is 7.11 Å². The van der Waals surface area contributed by atoms with E-state index in [-0.39, 0.29) is 5.91 Å². The number of methoxy groups -OCH3 is 1. The second-order valence-electron chi connectivity index (χ2n) is 6.46. The lowest BCUT2D eigenvalue weighted by Gasteiger charge is -2.29. The Bertz CT molecular complexity index is 732. The van der Waals surface area contributed by atoms with Crippen LogP contribution in [0.15, 0.2) is 24.5 Å². The van der Waals surface area contributed by atoms with E-state index in [4.69, 9.17) is 4.74 Å². The maximum Gasteiger partial charge on any atom is 0.231 e. The summed E-state index contributed by atoms with van der Waals surface area (Å²) in [5.74, 6) is 1.65. The first-order valence-electron chi connectivity index (χ1n) is 8.33. The topological polar surface area (TPSA) is 69.0 Å². The summed E-state index contributed by atoms with van der Waals surface area (Å²) in [6.45, 7) is 2.40. The summed E-state index contributed by atoms with van der Waals surface area (Å²) < 4.78 is 7.13.